The van der Waals surface area contributed by atoms with Gasteiger partial charge in [-0.1, -0.05) is 18.2 Å². The number of carboxylic acid groups (broad SMARTS) is 1. The van der Waals surface area contributed by atoms with E-state index in [9.17, 15) is 9.90 Å². The minimum absolute atomic E-state index is 0.572. The van der Waals surface area contributed by atoms with Crippen LogP contribution < -0.4 is 5.32 Å². The van der Waals surface area contributed by atoms with E-state index in [0.717, 1.165) is 16.9 Å². The number of thiazole rings is 1. The third-order valence-electron chi connectivity index (χ3n) is 2.58. The van der Waals surface area contributed by atoms with Gasteiger partial charge in [-0.3, -0.25) is 0 Å². The molecule has 4 nitrogen and oxygen atoms in total. The number of aromatic nitrogens is 1. The standard InChI is InChI=1S/C13H14N2O2S/c1-8-5-3-4-6-10(8)15-11(13(16)17)12-14-9(2)7-18-12/h3-7,11,15H,1-2H3,(H,16,17). The van der Waals surface area contributed by atoms with Gasteiger partial charge in [0.2, 0.25) is 0 Å². The summed E-state index contributed by atoms with van der Waals surface area (Å²) in [6.45, 7) is 3.79. The summed E-state index contributed by atoms with van der Waals surface area (Å²) in [6, 6.07) is 6.80. The summed E-state index contributed by atoms with van der Waals surface area (Å²) in [5, 5.41) is 14.7. The lowest BCUT2D eigenvalue weighted by molar-refractivity contribution is -0.138. The van der Waals surface area contributed by atoms with E-state index < -0.39 is 12.0 Å². The molecule has 0 saturated carbocycles. The SMILES string of the molecule is Cc1csc(C(Nc2ccccc2C)C(=O)O)n1. The second kappa shape index (κ2) is 5.18. The highest BCUT2D eigenvalue weighted by atomic mass is 32.1. The highest BCUT2D eigenvalue weighted by Crippen LogP contribution is 2.24. The van der Waals surface area contributed by atoms with E-state index in [2.05, 4.69) is 10.3 Å². The Hall–Kier alpha value is -1.88. The summed E-state index contributed by atoms with van der Waals surface area (Å²) in [5.41, 5.74) is 2.67. The molecule has 0 fully saturated rings. The number of benzene rings is 1. The number of rotatable bonds is 4. The monoisotopic (exact) mass is 262 g/mol. The maximum Gasteiger partial charge on any atom is 0.333 e. The molecule has 0 spiro atoms. The first-order valence-corrected chi connectivity index (χ1v) is 6.43. The lowest BCUT2D eigenvalue weighted by atomic mass is 10.2. The maximum atomic E-state index is 11.3. The van der Waals surface area contributed by atoms with E-state index in [4.69, 9.17) is 0 Å². The van der Waals surface area contributed by atoms with Crippen molar-refractivity contribution in [3.8, 4) is 0 Å². The highest BCUT2D eigenvalue weighted by molar-refractivity contribution is 7.09. The average molecular weight is 262 g/mol. The van der Waals surface area contributed by atoms with Gasteiger partial charge in [-0.15, -0.1) is 11.3 Å². The summed E-state index contributed by atoms with van der Waals surface area (Å²) < 4.78 is 0. The largest absolute Gasteiger partial charge is 0.479 e. The van der Waals surface area contributed by atoms with Crippen LogP contribution in [0.15, 0.2) is 29.6 Å². The molecule has 0 amide bonds. The Kier molecular flexibility index (Phi) is 3.62. The summed E-state index contributed by atoms with van der Waals surface area (Å²) >= 11 is 1.36. The van der Waals surface area contributed by atoms with Crippen LogP contribution >= 0.6 is 11.3 Å². The van der Waals surface area contributed by atoms with Crippen LogP contribution in [0.2, 0.25) is 0 Å². The third kappa shape index (κ3) is 2.68. The van der Waals surface area contributed by atoms with Crippen molar-refractivity contribution in [3.63, 3.8) is 0 Å². The number of hydrogen-bond acceptors (Lipinski definition) is 4. The Morgan fingerprint density at radius 1 is 1.39 bits per heavy atom. The van der Waals surface area contributed by atoms with Crippen LogP contribution in [0, 0.1) is 13.8 Å². The fourth-order valence-corrected chi connectivity index (χ4v) is 2.46. The first-order chi connectivity index (χ1) is 8.58. The number of para-hydroxylation sites is 1. The molecule has 2 rings (SSSR count). The van der Waals surface area contributed by atoms with Crippen molar-refractivity contribution in [3.05, 3.63) is 45.9 Å². The number of nitrogens with zero attached hydrogens (tertiary/aromatic N) is 1. The minimum atomic E-state index is -0.924. The molecule has 1 unspecified atom stereocenters. The van der Waals surface area contributed by atoms with Crippen molar-refractivity contribution >= 4 is 23.0 Å². The molecule has 18 heavy (non-hydrogen) atoms. The van der Waals surface area contributed by atoms with E-state index in [1.807, 2.05) is 43.5 Å². The maximum absolute atomic E-state index is 11.3. The average Bonchev–Trinajstić information content (AvgIpc) is 2.74. The Labute approximate surface area is 109 Å². The Balaban J connectivity index is 2.28. The van der Waals surface area contributed by atoms with Crippen LogP contribution in [0.4, 0.5) is 5.69 Å². The zero-order chi connectivity index (χ0) is 13.1. The number of nitrogens with one attached hydrogen (secondary N) is 1. The smallest absolute Gasteiger partial charge is 0.333 e. The minimum Gasteiger partial charge on any atom is -0.479 e. The molecule has 1 heterocycles. The quantitative estimate of drug-likeness (QED) is 0.889. The van der Waals surface area contributed by atoms with E-state index in [1.165, 1.54) is 11.3 Å². The normalized spacial score (nSPS) is 12.1. The molecule has 0 aliphatic carbocycles. The number of aliphatic carboxylic acids is 1. The number of hydrogen-bond donors (Lipinski definition) is 2. The fourth-order valence-electron chi connectivity index (χ4n) is 1.62. The predicted octanol–water partition coefficient (Wildman–Crippen LogP) is 3.00. The topological polar surface area (TPSA) is 62.2 Å². The first kappa shape index (κ1) is 12.6. The van der Waals surface area contributed by atoms with Crippen LogP contribution in [0.5, 0.6) is 0 Å². The zero-order valence-electron chi connectivity index (χ0n) is 10.2. The van der Waals surface area contributed by atoms with E-state index in [0.29, 0.717) is 5.01 Å². The van der Waals surface area contributed by atoms with Crippen molar-refractivity contribution < 1.29 is 9.90 Å². The zero-order valence-corrected chi connectivity index (χ0v) is 11.0. The van der Waals surface area contributed by atoms with Gasteiger partial charge in [0.1, 0.15) is 5.01 Å². The van der Waals surface area contributed by atoms with Gasteiger partial charge in [0, 0.05) is 16.8 Å². The van der Waals surface area contributed by atoms with Crippen LogP contribution in [0.25, 0.3) is 0 Å². The first-order valence-electron chi connectivity index (χ1n) is 5.55. The molecule has 0 saturated heterocycles. The summed E-state index contributed by atoms with van der Waals surface area (Å²) in [6.07, 6.45) is 0. The Morgan fingerprint density at radius 2 is 2.11 bits per heavy atom. The fraction of sp³-hybridized carbons (Fsp3) is 0.231. The molecule has 2 N–H and O–H groups in total. The number of aryl methyl sites for hydroxylation is 2. The lowest BCUT2D eigenvalue weighted by Gasteiger charge is -2.15. The van der Waals surface area contributed by atoms with Gasteiger partial charge in [0.05, 0.1) is 0 Å². The molecule has 2 aromatic rings. The molecule has 0 aliphatic rings. The Bertz CT molecular complexity index is 566. The molecule has 5 heteroatoms. The molecule has 0 bridgehead atoms. The van der Waals surface area contributed by atoms with E-state index in [-0.39, 0.29) is 0 Å². The van der Waals surface area contributed by atoms with Gasteiger partial charge in [-0.25, -0.2) is 9.78 Å². The van der Waals surface area contributed by atoms with E-state index in [1.54, 1.807) is 0 Å². The van der Waals surface area contributed by atoms with Crippen molar-refractivity contribution in [2.24, 2.45) is 0 Å². The van der Waals surface area contributed by atoms with Gasteiger partial charge in [0.25, 0.3) is 0 Å². The second-order valence-electron chi connectivity index (χ2n) is 4.06. The third-order valence-corrected chi connectivity index (χ3v) is 3.60. The summed E-state index contributed by atoms with van der Waals surface area (Å²) in [7, 11) is 0. The van der Waals surface area contributed by atoms with Crippen LogP contribution in [-0.2, 0) is 4.79 Å². The van der Waals surface area contributed by atoms with Gasteiger partial charge in [-0.2, -0.15) is 0 Å². The molecule has 1 atom stereocenters. The number of anilines is 1. The molecular formula is C13H14N2O2S. The van der Waals surface area contributed by atoms with Crippen LogP contribution in [0.3, 0.4) is 0 Å². The van der Waals surface area contributed by atoms with Crippen molar-refractivity contribution in [1.29, 1.82) is 0 Å². The second-order valence-corrected chi connectivity index (χ2v) is 4.95. The van der Waals surface area contributed by atoms with Gasteiger partial charge in [-0.05, 0) is 25.5 Å². The van der Waals surface area contributed by atoms with Gasteiger partial charge >= 0.3 is 5.97 Å². The van der Waals surface area contributed by atoms with Crippen molar-refractivity contribution in [2.45, 2.75) is 19.9 Å². The highest BCUT2D eigenvalue weighted by Gasteiger charge is 2.23. The summed E-state index contributed by atoms with van der Waals surface area (Å²) in [5.74, 6) is -0.924. The summed E-state index contributed by atoms with van der Waals surface area (Å²) in [4.78, 5) is 15.6. The molecular weight excluding hydrogens is 248 g/mol. The number of carboxylic acids is 1. The molecule has 1 aromatic carbocycles. The van der Waals surface area contributed by atoms with Crippen LogP contribution in [-0.4, -0.2) is 16.1 Å². The van der Waals surface area contributed by atoms with Crippen molar-refractivity contribution in [2.75, 3.05) is 5.32 Å². The molecule has 0 radical (unpaired) electrons. The Morgan fingerprint density at radius 3 is 2.67 bits per heavy atom. The van der Waals surface area contributed by atoms with Crippen molar-refractivity contribution in [1.82, 2.24) is 4.98 Å². The van der Waals surface area contributed by atoms with Gasteiger partial charge in [0.15, 0.2) is 6.04 Å². The van der Waals surface area contributed by atoms with E-state index >= 15 is 0 Å². The lowest BCUT2D eigenvalue weighted by Crippen LogP contribution is -2.20. The van der Waals surface area contributed by atoms with Gasteiger partial charge < -0.3 is 10.4 Å². The predicted molar refractivity (Wildman–Crippen MR) is 72.0 cm³/mol. The number of carbonyl (C=O) groups is 1. The molecule has 0 aliphatic heterocycles. The molecule has 1 aromatic heterocycles. The molecule has 94 valence electrons. The van der Waals surface area contributed by atoms with Crippen LogP contribution in [0.1, 0.15) is 22.3 Å².